The maximum Gasteiger partial charge on any atom is 0.242 e. The van der Waals surface area contributed by atoms with Crippen LogP contribution in [0.3, 0.4) is 0 Å². The molecule has 3 nitrogen and oxygen atoms in total. The quantitative estimate of drug-likeness (QED) is 0.923. The molecule has 0 radical (unpaired) electrons. The van der Waals surface area contributed by atoms with Crippen LogP contribution in [-0.2, 0) is 10.0 Å². The lowest BCUT2D eigenvalue weighted by molar-refractivity contribution is 0.556. The van der Waals surface area contributed by atoms with Crippen LogP contribution in [0.2, 0.25) is 5.02 Å². The third-order valence-electron chi connectivity index (χ3n) is 2.15. The van der Waals surface area contributed by atoms with Gasteiger partial charge in [0.15, 0.2) is 0 Å². The van der Waals surface area contributed by atoms with Crippen molar-refractivity contribution in [3.63, 3.8) is 0 Å². The Hall–Kier alpha value is -0.100. The average molecular weight is 327 g/mol. The van der Waals surface area contributed by atoms with E-state index in [0.29, 0.717) is 0 Å². The lowest BCUT2D eigenvalue weighted by Crippen LogP contribution is -2.32. The van der Waals surface area contributed by atoms with Crippen LogP contribution in [0.1, 0.15) is 20.3 Å². The van der Waals surface area contributed by atoms with Gasteiger partial charge in [0.05, 0.1) is 5.02 Å². The SMILES string of the molecule is CC[C@H](C)NS(=O)(=O)c1ccc(Br)cc1Cl. The van der Waals surface area contributed by atoms with Crippen molar-refractivity contribution < 1.29 is 8.42 Å². The first-order valence-corrected chi connectivity index (χ1v) is 7.49. The van der Waals surface area contributed by atoms with Crippen LogP contribution >= 0.6 is 27.5 Å². The number of benzene rings is 1. The molecular weight excluding hydrogens is 314 g/mol. The van der Waals surface area contributed by atoms with Gasteiger partial charge in [-0.25, -0.2) is 13.1 Å². The summed E-state index contributed by atoms with van der Waals surface area (Å²) in [6.45, 7) is 3.72. The van der Waals surface area contributed by atoms with Crippen LogP contribution in [0, 0.1) is 0 Å². The van der Waals surface area contributed by atoms with Crippen molar-refractivity contribution in [2.24, 2.45) is 0 Å². The molecule has 0 saturated carbocycles. The summed E-state index contributed by atoms with van der Waals surface area (Å²) >= 11 is 9.12. The zero-order valence-electron chi connectivity index (χ0n) is 9.00. The predicted molar refractivity (Wildman–Crippen MR) is 69.2 cm³/mol. The Morgan fingerprint density at radius 2 is 2.12 bits per heavy atom. The van der Waals surface area contributed by atoms with E-state index in [-0.39, 0.29) is 16.0 Å². The number of rotatable bonds is 4. The predicted octanol–water partition coefficient (Wildman–Crippen LogP) is 3.18. The summed E-state index contributed by atoms with van der Waals surface area (Å²) in [6, 6.07) is 4.59. The van der Waals surface area contributed by atoms with Crippen molar-refractivity contribution in [1.29, 1.82) is 0 Å². The zero-order chi connectivity index (χ0) is 12.3. The van der Waals surface area contributed by atoms with E-state index in [4.69, 9.17) is 11.6 Å². The van der Waals surface area contributed by atoms with Gasteiger partial charge in [0.25, 0.3) is 0 Å². The van der Waals surface area contributed by atoms with Gasteiger partial charge in [-0.05, 0) is 31.5 Å². The minimum Gasteiger partial charge on any atom is -0.208 e. The molecule has 0 aliphatic rings. The Balaban J connectivity index is 3.08. The Kier molecular flexibility index (Phi) is 4.79. The second kappa shape index (κ2) is 5.49. The fourth-order valence-electron chi connectivity index (χ4n) is 1.10. The summed E-state index contributed by atoms with van der Waals surface area (Å²) in [5, 5.41) is 0.213. The van der Waals surface area contributed by atoms with Gasteiger partial charge < -0.3 is 0 Å². The van der Waals surface area contributed by atoms with E-state index < -0.39 is 10.0 Å². The normalized spacial score (nSPS) is 13.8. The van der Waals surface area contributed by atoms with Gasteiger partial charge in [0.2, 0.25) is 10.0 Å². The Morgan fingerprint density at radius 1 is 1.50 bits per heavy atom. The van der Waals surface area contributed by atoms with E-state index in [9.17, 15) is 8.42 Å². The third-order valence-corrected chi connectivity index (χ3v) is 4.72. The van der Waals surface area contributed by atoms with E-state index in [2.05, 4.69) is 20.7 Å². The molecule has 1 N–H and O–H groups in total. The fourth-order valence-corrected chi connectivity index (χ4v) is 3.47. The van der Waals surface area contributed by atoms with Crippen LogP contribution < -0.4 is 4.72 Å². The van der Waals surface area contributed by atoms with E-state index in [1.54, 1.807) is 12.1 Å². The Bertz CT molecular complexity index is 476. The average Bonchev–Trinajstić information content (AvgIpc) is 2.16. The second-order valence-corrected chi connectivity index (χ2v) is 6.51. The van der Waals surface area contributed by atoms with Gasteiger partial charge in [-0.3, -0.25) is 0 Å². The Morgan fingerprint density at radius 3 is 2.62 bits per heavy atom. The first kappa shape index (κ1) is 14.0. The minimum absolute atomic E-state index is 0.107. The molecule has 16 heavy (non-hydrogen) atoms. The summed E-state index contributed by atoms with van der Waals surface area (Å²) in [4.78, 5) is 0.109. The summed E-state index contributed by atoms with van der Waals surface area (Å²) in [6.07, 6.45) is 0.730. The first-order chi connectivity index (χ1) is 7.36. The van der Waals surface area contributed by atoms with Crippen LogP contribution in [0.15, 0.2) is 27.6 Å². The molecule has 0 saturated heterocycles. The zero-order valence-corrected chi connectivity index (χ0v) is 12.2. The molecule has 1 aromatic rings. The van der Waals surface area contributed by atoms with Crippen LogP contribution in [-0.4, -0.2) is 14.5 Å². The van der Waals surface area contributed by atoms with Crippen molar-refractivity contribution in [2.75, 3.05) is 0 Å². The van der Waals surface area contributed by atoms with Gasteiger partial charge in [-0.1, -0.05) is 34.5 Å². The lowest BCUT2D eigenvalue weighted by Gasteiger charge is -2.13. The minimum atomic E-state index is -3.52. The highest BCUT2D eigenvalue weighted by molar-refractivity contribution is 9.10. The van der Waals surface area contributed by atoms with Gasteiger partial charge in [0.1, 0.15) is 4.90 Å². The summed E-state index contributed by atoms with van der Waals surface area (Å²) < 4.78 is 27.2. The largest absolute Gasteiger partial charge is 0.242 e. The molecule has 0 amide bonds. The van der Waals surface area contributed by atoms with E-state index in [1.807, 2.05) is 13.8 Å². The van der Waals surface area contributed by atoms with E-state index in [1.165, 1.54) is 6.07 Å². The number of sulfonamides is 1. The molecule has 6 heteroatoms. The molecule has 1 aromatic carbocycles. The molecule has 0 aliphatic carbocycles. The molecule has 0 bridgehead atoms. The first-order valence-electron chi connectivity index (χ1n) is 4.84. The van der Waals surface area contributed by atoms with Gasteiger partial charge in [-0.15, -0.1) is 0 Å². The molecule has 0 aliphatic heterocycles. The highest BCUT2D eigenvalue weighted by Crippen LogP contribution is 2.25. The maximum absolute atomic E-state index is 11.9. The monoisotopic (exact) mass is 325 g/mol. The Labute approximate surface area is 109 Å². The third kappa shape index (κ3) is 3.45. The van der Waals surface area contributed by atoms with Crippen molar-refractivity contribution in [1.82, 2.24) is 4.72 Å². The number of nitrogens with one attached hydrogen (secondary N) is 1. The van der Waals surface area contributed by atoms with Crippen LogP contribution in [0.25, 0.3) is 0 Å². The molecule has 0 spiro atoms. The molecule has 0 aromatic heterocycles. The smallest absolute Gasteiger partial charge is 0.208 e. The highest BCUT2D eigenvalue weighted by atomic mass is 79.9. The summed E-state index contributed by atoms with van der Waals surface area (Å²) in [5.41, 5.74) is 0. The van der Waals surface area contributed by atoms with Crippen molar-refractivity contribution >= 4 is 37.6 Å². The lowest BCUT2D eigenvalue weighted by atomic mass is 10.3. The number of hydrogen-bond donors (Lipinski definition) is 1. The molecular formula is C10H13BrClNO2S. The van der Waals surface area contributed by atoms with Crippen molar-refractivity contribution in [3.8, 4) is 0 Å². The van der Waals surface area contributed by atoms with Gasteiger partial charge >= 0.3 is 0 Å². The molecule has 90 valence electrons. The van der Waals surface area contributed by atoms with Gasteiger partial charge in [-0.2, -0.15) is 0 Å². The van der Waals surface area contributed by atoms with Gasteiger partial charge in [0, 0.05) is 10.5 Å². The van der Waals surface area contributed by atoms with Crippen molar-refractivity contribution in [2.45, 2.75) is 31.2 Å². The summed E-state index contributed by atoms with van der Waals surface area (Å²) in [7, 11) is -3.52. The topological polar surface area (TPSA) is 46.2 Å². The highest BCUT2D eigenvalue weighted by Gasteiger charge is 2.19. The number of halogens is 2. The maximum atomic E-state index is 11.9. The van der Waals surface area contributed by atoms with E-state index >= 15 is 0 Å². The van der Waals surface area contributed by atoms with Crippen LogP contribution in [0.4, 0.5) is 0 Å². The molecule has 0 heterocycles. The van der Waals surface area contributed by atoms with E-state index in [0.717, 1.165) is 10.9 Å². The molecule has 0 fully saturated rings. The molecule has 0 unspecified atom stereocenters. The number of hydrogen-bond acceptors (Lipinski definition) is 2. The van der Waals surface area contributed by atoms with Crippen molar-refractivity contribution in [3.05, 3.63) is 27.7 Å². The molecule has 1 atom stereocenters. The second-order valence-electron chi connectivity index (χ2n) is 3.51. The van der Waals surface area contributed by atoms with Crippen LogP contribution in [0.5, 0.6) is 0 Å². The standard InChI is InChI=1S/C10H13BrClNO2S/c1-3-7(2)13-16(14,15)10-5-4-8(11)6-9(10)12/h4-7,13H,3H2,1-2H3/t7-/m0/s1. The summed E-state index contributed by atoms with van der Waals surface area (Å²) in [5.74, 6) is 0. The molecule has 1 rings (SSSR count). The fraction of sp³-hybridized carbons (Fsp3) is 0.400.